The number of anilines is 2. The van der Waals surface area contributed by atoms with Crippen LogP contribution < -0.4 is 15.5 Å². The smallest absolute Gasteiger partial charge is 0.395 e. The van der Waals surface area contributed by atoms with Gasteiger partial charge in [0, 0.05) is 56.7 Å². The molecular weight excluding hydrogens is 566 g/mol. The first kappa shape index (κ1) is 30.7. The van der Waals surface area contributed by atoms with Crippen molar-refractivity contribution in [1.29, 1.82) is 0 Å². The van der Waals surface area contributed by atoms with Crippen LogP contribution in [0.5, 0.6) is 0 Å². The zero-order chi connectivity index (χ0) is 30.7. The summed E-state index contributed by atoms with van der Waals surface area (Å²) in [6.07, 6.45) is -3.01. The third-order valence-electron chi connectivity index (χ3n) is 7.99. The lowest BCUT2D eigenvalue weighted by molar-refractivity contribution is -0.115. The average Bonchev–Trinajstić information content (AvgIpc) is 2.98. The van der Waals surface area contributed by atoms with E-state index in [1.165, 1.54) is 6.07 Å². The Labute approximate surface area is 247 Å². The summed E-state index contributed by atoms with van der Waals surface area (Å²) in [4.78, 5) is 19.6. The number of carbonyl (C=O) groups is 1. The molecule has 1 unspecified atom stereocenters. The minimum absolute atomic E-state index is 0.00600. The van der Waals surface area contributed by atoms with Gasteiger partial charge in [-0.3, -0.25) is 14.6 Å². The molecule has 43 heavy (non-hydrogen) atoms. The molecule has 2 fully saturated rings. The molecule has 2 aromatic rings. The van der Waals surface area contributed by atoms with Crippen LogP contribution in [0.1, 0.15) is 5.56 Å². The number of hydrogen-bond donors (Lipinski definition) is 3. The number of carbonyl (C=O) groups excluding carboxylic acids is 1. The van der Waals surface area contributed by atoms with Gasteiger partial charge in [0.15, 0.2) is 0 Å². The first-order chi connectivity index (χ1) is 20.5. The Kier molecular flexibility index (Phi) is 9.21. The molecule has 3 heterocycles. The molecule has 0 bridgehead atoms. The molecule has 3 N–H and O–H groups in total. The first-order valence-corrected chi connectivity index (χ1v) is 14.1. The second-order valence-corrected chi connectivity index (χ2v) is 10.9. The van der Waals surface area contributed by atoms with Gasteiger partial charge in [-0.2, -0.15) is 13.2 Å². The van der Waals surface area contributed by atoms with E-state index in [2.05, 4.69) is 22.1 Å². The van der Waals surface area contributed by atoms with Gasteiger partial charge in [-0.25, -0.2) is 4.39 Å². The second kappa shape index (κ2) is 12.9. The molecule has 0 spiro atoms. The molecule has 12 heteroatoms. The Morgan fingerprint density at radius 3 is 2.63 bits per heavy atom. The van der Waals surface area contributed by atoms with Gasteiger partial charge < -0.3 is 25.4 Å². The van der Waals surface area contributed by atoms with Crippen molar-refractivity contribution >= 4 is 17.3 Å². The number of hydrogen-bond acceptors (Lipinski definition) is 7. The van der Waals surface area contributed by atoms with Crippen LogP contribution in [0.4, 0.5) is 28.9 Å². The fraction of sp³-hybridized carbons (Fsp3) is 0.387. The summed E-state index contributed by atoms with van der Waals surface area (Å²) in [7, 11) is 1.90. The number of nitrogens with one attached hydrogen (secondary N) is 2. The van der Waals surface area contributed by atoms with Gasteiger partial charge in [0.2, 0.25) is 0 Å². The first-order valence-electron chi connectivity index (χ1n) is 14.1. The van der Waals surface area contributed by atoms with Crippen molar-refractivity contribution < 1.29 is 32.2 Å². The summed E-state index contributed by atoms with van der Waals surface area (Å²) >= 11 is 0. The highest BCUT2D eigenvalue weighted by molar-refractivity contribution is 6.09. The summed E-state index contributed by atoms with van der Waals surface area (Å²) in [5.74, 6) is -1.44. The van der Waals surface area contributed by atoms with Crippen molar-refractivity contribution in [2.45, 2.75) is 18.8 Å². The zero-order valence-electron chi connectivity index (χ0n) is 23.9. The number of likely N-dealkylation sites (N-methyl/N-ethyl adjacent to an activating group) is 1. The standard InChI is InChI=1S/C31H35F4N5O3/c1-20-13-26(31(33,34)35)25(16-36-20)30(42)37-28-15-22(4-6-29(28)40-8-7-38(2)23(18-40)19-41)24-14-21(3-5-27(24)32)17-39-9-11-43-12-10-39/h3-6,13-16,23,36,41H,1,7-12,17-19H2,2H3,(H,37,42). The van der Waals surface area contributed by atoms with E-state index in [-0.39, 0.29) is 24.0 Å². The van der Waals surface area contributed by atoms with Crippen molar-refractivity contribution in [2.24, 2.45) is 0 Å². The maximum atomic E-state index is 15.2. The van der Waals surface area contributed by atoms with E-state index in [4.69, 9.17) is 4.74 Å². The van der Waals surface area contributed by atoms with Crippen LogP contribution in [0.2, 0.25) is 0 Å². The van der Waals surface area contributed by atoms with Crippen LogP contribution >= 0.6 is 0 Å². The molecular formula is C31H35F4N5O3. The number of halogens is 4. The van der Waals surface area contributed by atoms with Gasteiger partial charge in [0.25, 0.3) is 5.91 Å². The number of morpholine rings is 1. The fourth-order valence-electron chi connectivity index (χ4n) is 5.50. The number of piperazine rings is 1. The fourth-order valence-corrected chi connectivity index (χ4v) is 5.50. The van der Waals surface area contributed by atoms with E-state index < -0.39 is 29.0 Å². The largest absolute Gasteiger partial charge is 0.417 e. The number of benzene rings is 2. The Balaban J connectivity index is 1.50. The Morgan fingerprint density at radius 2 is 1.91 bits per heavy atom. The number of rotatable bonds is 7. The predicted octanol–water partition coefficient (Wildman–Crippen LogP) is 3.87. The lowest BCUT2D eigenvalue weighted by Gasteiger charge is -2.40. The van der Waals surface area contributed by atoms with Crippen molar-refractivity contribution in [3.05, 3.63) is 83.5 Å². The third kappa shape index (κ3) is 7.10. The summed E-state index contributed by atoms with van der Waals surface area (Å²) < 4.78 is 62.2. The maximum Gasteiger partial charge on any atom is 0.417 e. The molecule has 0 aromatic heterocycles. The Morgan fingerprint density at radius 1 is 1.14 bits per heavy atom. The van der Waals surface area contributed by atoms with Crippen molar-refractivity contribution in [3.63, 3.8) is 0 Å². The van der Waals surface area contributed by atoms with Crippen LogP contribution in [0, 0.1) is 5.82 Å². The van der Waals surface area contributed by atoms with Crippen LogP contribution in [0.15, 0.2) is 72.1 Å². The van der Waals surface area contributed by atoms with E-state index in [9.17, 15) is 23.1 Å². The lowest BCUT2D eigenvalue weighted by Crippen LogP contribution is -2.53. The van der Waals surface area contributed by atoms with Gasteiger partial charge in [0.1, 0.15) is 5.82 Å². The van der Waals surface area contributed by atoms with Gasteiger partial charge in [0.05, 0.1) is 48.4 Å². The van der Waals surface area contributed by atoms with Crippen LogP contribution in [-0.4, -0.2) is 92.6 Å². The number of dihydropyridines is 1. The van der Waals surface area contributed by atoms with Crippen LogP contribution in [-0.2, 0) is 16.1 Å². The van der Waals surface area contributed by atoms with E-state index >= 15 is 4.39 Å². The van der Waals surface area contributed by atoms with Gasteiger partial charge in [-0.15, -0.1) is 0 Å². The highest BCUT2D eigenvalue weighted by Gasteiger charge is 2.40. The molecule has 3 aliphatic rings. The van der Waals surface area contributed by atoms with Gasteiger partial charge >= 0.3 is 6.18 Å². The number of aliphatic hydroxyl groups excluding tert-OH is 1. The topological polar surface area (TPSA) is 80.3 Å². The molecule has 1 atom stereocenters. The van der Waals surface area contributed by atoms with Crippen LogP contribution in [0.25, 0.3) is 11.1 Å². The number of aliphatic hydroxyl groups is 1. The van der Waals surface area contributed by atoms with Crippen molar-refractivity contribution in [2.75, 3.05) is 69.8 Å². The number of allylic oxidation sites excluding steroid dienone is 1. The summed E-state index contributed by atoms with van der Waals surface area (Å²) in [5, 5.41) is 15.1. The normalized spacial score (nSPS) is 20.4. The minimum atomic E-state index is -4.78. The molecule has 0 radical (unpaired) electrons. The van der Waals surface area contributed by atoms with Crippen molar-refractivity contribution in [1.82, 2.24) is 15.1 Å². The molecule has 3 aliphatic heterocycles. The van der Waals surface area contributed by atoms with Gasteiger partial charge in [-0.1, -0.05) is 18.7 Å². The van der Waals surface area contributed by atoms with Gasteiger partial charge in [-0.05, 0) is 48.5 Å². The van der Waals surface area contributed by atoms with E-state index in [0.29, 0.717) is 56.2 Å². The summed E-state index contributed by atoms with van der Waals surface area (Å²) in [5.41, 5.74) is 0.750. The van der Waals surface area contributed by atoms with Crippen molar-refractivity contribution in [3.8, 4) is 11.1 Å². The molecule has 5 rings (SSSR count). The van der Waals surface area contributed by atoms with E-state index in [1.807, 2.05) is 16.8 Å². The maximum absolute atomic E-state index is 15.2. The Hall–Kier alpha value is -3.71. The predicted molar refractivity (Wildman–Crippen MR) is 157 cm³/mol. The summed E-state index contributed by atoms with van der Waals surface area (Å²) in [6.45, 7) is 8.44. The monoisotopic (exact) mass is 601 g/mol. The SMILES string of the molecule is C=C1C=C(C(F)(F)F)C(C(=O)Nc2cc(-c3cc(CN4CCOCC4)ccc3F)ccc2N2CCN(C)C(CO)C2)=CN1. The number of ether oxygens (including phenoxy) is 1. The zero-order valence-corrected chi connectivity index (χ0v) is 23.9. The van der Waals surface area contributed by atoms with E-state index in [1.54, 1.807) is 30.3 Å². The average molecular weight is 602 g/mol. The molecule has 230 valence electrons. The quantitative estimate of drug-likeness (QED) is 0.416. The number of nitrogens with zero attached hydrogens (tertiary/aromatic N) is 3. The molecule has 0 saturated carbocycles. The highest BCUT2D eigenvalue weighted by Crippen LogP contribution is 2.37. The number of amides is 1. The molecule has 1 amide bonds. The molecule has 2 aromatic carbocycles. The molecule has 8 nitrogen and oxygen atoms in total. The van der Waals surface area contributed by atoms with Crippen LogP contribution in [0.3, 0.4) is 0 Å². The minimum Gasteiger partial charge on any atom is -0.395 e. The summed E-state index contributed by atoms with van der Waals surface area (Å²) in [6, 6.07) is 9.76. The lowest BCUT2D eigenvalue weighted by atomic mass is 9.99. The van der Waals surface area contributed by atoms with E-state index in [0.717, 1.165) is 30.9 Å². The molecule has 0 aliphatic carbocycles. The third-order valence-corrected chi connectivity index (χ3v) is 7.99. The highest BCUT2D eigenvalue weighted by atomic mass is 19.4. The second-order valence-electron chi connectivity index (χ2n) is 10.9. The Bertz CT molecular complexity index is 1430. The molecule has 2 saturated heterocycles. The number of alkyl halides is 3.